The van der Waals surface area contributed by atoms with Crippen LogP contribution in [0.15, 0.2) is 49.1 Å². The Hall–Kier alpha value is -2.14. The van der Waals surface area contributed by atoms with Gasteiger partial charge in [-0.25, -0.2) is 4.98 Å². The van der Waals surface area contributed by atoms with Crippen LogP contribution in [0.3, 0.4) is 0 Å². The standard InChI is InChI=1S/C14H18N4O/c19-14(17-10-13-4-2-1-3-5-13)11-15-6-8-18-9-7-16-12-18/h1-5,7,9,12,15H,6,8,10-11H2,(H,17,19). The molecule has 0 aliphatic carbocycles. The molecule has 0 aliphatic heterocycles. The second-order valence-corrected chi connectivity index (χ2v) is 4.24. The maximum absolute atomic E-state index is 11.6. The summed E-state index contributed by atoms with van der Waals surface area (Å²) in [5.41, 5.74) is 1.11. The lowest BCUT2D eigenvalue weighted by atomic mass is 10.2. The van der Waals surface area contributed by atoms with Crippen molar-refractivity contribution in [2.75, 3.05) is 13.1 Å². The first kappa shape index (κ1) is 13.3. The van der Waals surface area contributed by atoms with E-state index >= 15 is 0 Å². The van der Waals surface area contributed by atoms with Crippen LogP contribution in [-0.4, -0.2) is 28.5 Å². The Bertz CT molecular complexity index is 481. The maximum Gasteiger partial charge on any atom is 0.234 e. The van der Waals surface area contributed by atoms with Crippen LogP contribution in [0.4, 0.5) is 0 Å². The number of imidazole rings is 1. The minimum Gasteiger partial charge on any atom is -0.351 e. The Morgan fingerprint density at radius 2 is 2.11 bits per heavy atom. The smallest absolute Gasteiger partial charge is 0.234 e. The molecule has 1 heterocycles. The lowest BCUT2D eigenvalue weighted by molar-refractivity contribution is -0.120. The van der Waals surface area contributed by atoms with Crippen molar-refractivity contribution in [3.63, 3.8) is 0 Å². The summed E-state index contributed by atoms with van der Waals surface area (Å²) in [6, 6.07) is 9.87. The van der Waals surface area contributed by atoms with Crippen LogP contribution in [0, 0.1) is 0 Å². The van der Waals surface area contributed by atoms with Gasteiger partial charge in [-0.2, -0.15) is 0 Å². The Kier molecular flexibility index (Phi) is 5.13. The lowest BCUT2D eigenvalue weighted by Crippen LogP contribution is -2.34. The van der Waals surface area contributed by atoms with E-state index in [-0.39, 0.29) is 5.91 Å². The number of amides is 1. The monoisotopic (exact) mass is 258 g/mol. The van der Waals surface area contributed by atoms with E-state index in [1.807, 2.05) is 41.1 Å². The Morgan fingerprint density at radius 1 is 1.26 bits per heavy atom. The topological polar surface area (TPSA) is 59.0 Å². The fraction of sp³-hybridized carbons (Fsp3) is 0.286. The van der Waals surface area contributed by atoms with Gasteiger partial charge in [-0.15, -0.1) is 0 Å². The summed E-state index contributed by atoms with van der Waals surface area (Å²) in [5.74, 6) is 0.00878. The number of nitrogens with one attached hydrogen (secondary N) is 2. The van der Waals surface area contributed by atoms with Crippen molar-refractivity contribution in [2.45, 2.75) is 13.1 Å². The van der Waals surface area contributed by atoms with Crippen LogP contribution < -0.4 is 10.6 Å². The number of carbonyl (C=O) groups excluding carboxylic acids is 1. The molecule has 0 radical (unpaired) electrons. The molecule has 5 nitrogen and oxygen atoms in total. The Labute approximate surface area is 112 Å². The molecule has 19 heavy (non-hydrogen) atoms. The van der Waals surface area contributed by atoms with E-state index in [1.54, 1.807) is 12.5 Å². The van der Waals surface area contributed by atoms with Crippen LogP contribution in [0.1, 0.15) is 5.56 Å². The zero-order valence-electron chi connectivity index (χ0n) is 10.7. The zero-order valence-corrected chi connectivity index (χ0v) is 10.7. The summed E-state index contributed by atoms with van der Waals surface area (Å²) in [5, 5.41) is 5.97. The van der Waals surface area contributed by atoms with E-state index < -0.39 is 0 Å². The van der Waals surface area contributed by atoms with Gasteiger partial charge in [0, 0.05) is 32.0 Å². The molecule has 0 saturated heterocycles. The van der Waals surface area contributed by atoms with Gasteiger partial charge in [0.1, 0.15) is 0 Å². The third-order valence-corrected chi connectivity index (χ3v) is 2.72. The predicted molar refractivity (Wildman–Crippen MR) is 73.4 cm³/mol. The van der Waals surface area contributed by atoms with Gasteiger partial charge in [0.05, 0.1) is 12.9 Å². The van der Waals surface area contributed by atoms with Gasteiger partial charge in [-0.05, 0) is 5.56 Å². The predicted octanol–water partition coefficient (Wildman–Crippen LogP) is 0.789. The average molecular weight is 258 g/mol. The van der Waals surface area contributed by atoms with Gasteiger partial charge in [-0.1, -0.05) is 30.3 Å². The Morgan fingerprint density at radius 3 is 2.84 bits per heavy atom. The molecule has 2 rings (SSSR count). The molecule has 0 unspecified atom stereocenters. The van der Waals surface area contributed by atoms with Gasteiger partial charge >= 0.3 is 0 Å². The molecule has 1 aromatic carbocycles. The second kappa shape index (κ2) is 7.33. The highest BCUT2D eigenvalue weighted by molar-refractivity contribution is 5.77. The maximum atomic E-state index is 11.6. The second-order valence-electron chi connectivity index (χ2n) is 4.24. The summed E-state index contributed by atoms with van der Waals surface area (Å²) < 4.78 is 1.97. The number of carbonyl (C=O) groups is 1. The summed E-state index contributed by atoms with van der Waals surface area (Å²) in [7, 11) is 0. The molecule has 1 aromatic heterocycles. The van der Waals surface area contributed by atoms with Gasteiger partial charge < -0.3 is 15.2 Å². The van der Waals surface area contributed by atoms with Crippen molar-refractivity contribution in [2.24, 2.45) is 0 Å². The van der Waals surface area contributed by atoms with E-state index in [1.165, 1.54) is 0 Å². The average Bonchev–Trinajstić information content (AvgIpc) is 2.96. The number of benzene rings is 1. The molecule has 5 heteroatoms. The number of hydrogen-bond acceptors (Lipinski definition) is 3. The van der Waals surface area contributed by atoms with Gasteiger partial charge in [-0.3, -0.25) is 4.79 Å². The summed E-state index contributed by atoms with van der Waals surface area (Å²) in [6.07, 6.45) is 5.40. The minimum atomic E-state index is 0.00878. The molecule has 0 saturated carbocycles. The van der Waals surface area contributed by atoms with Crippen LogP contribution in [-0.2, 0) is 17.9 Å². The fourth-order valence-corrected chi connectivity index (χ4v) is 1.69. The lowest BCUT2D eigenvalue weighted by Gasteiger charge is -2.07. The van der Waals surface area contributed by atoms with E-state index in [0.29, 0.717) is 13.1 Å². The molecule has 2 N–H and O–H groups in total. The highest BCUT2D eigenvalue weighted by Gasteiger charge is 2.00. The van der Waals surface area contributed by atoms with Crippen molar-refractivity contribution in [1.82, 2.24) is 20.2 Å². The summed E-state index contributed by atoms with van der Waals surface area (Å²) >= 11 is 0. The van der Waals surface area contributed by atoms with Crippen LogP contribution in [0.25, 0.3) is 0 Å². The van der Waals surface area contributed by atoms with Crippen LogP contribution in [0.5, 0.6) is 0 Å². The third-order valence-electron chi connectivity index (χ3n) is 2.72. The van der Waals surface area contributed by atoms with Crippen molar-refractivity contribution in [3.8, 4) is 0 Å². The van der Waals surface area contributed by atoms with Gasteiger partial charge in [0.25, 0.3) is 0 Å². The Balaban J connectivity index is 1.57. The third kappa shape index (κ3) is 4.93. The van der Waals surface area contributed by atoms with Gasteiger partial charge in [0.15, 0.2) is 0 Å². The molecule has 0 bridgehead atoms. The van der Waals surface area contributed by atoms with E-state index in [0.717, 1.165) is 18.7 Å². The minimum absolute atomic E-state index is 0.00878. The zero-order chi connectivity index (χ0) is 13.3. The molecule has 2 aromatic rings. The van der Waals surface area contributed by atoms with Crippen molar-refractivity contribution < 1.29 is 4.79 Å². The van der Waals surface area contributed by atoms with Gasteiger partial charge in [0.2, 0.25) is 5.91 Å². The first-order valence-electron chi connectivity index (χ1n) is 6.31. The number of rotatable bonds is 7. The van der Waals surface area contributed by atoms with E-state index in [2.05, 4.69) is 15.6 Å². The number of nitrogens with zero attached hydrogens (tertiary/aromatic N) is 2. The molecule has 0 aliphatic rings. The molecular weight excluding hydrogens is 240 g/mol. The first-order valence-corrected chi connectivity index (χ1v) is 6.31. The van der Waals surface area contributed by atoms with E-state index in [9.17, 15) is 4.79 Å². The van der Waals surface area contributed by atoms with Crippen LogP contribution in [0.2, 0.25) is 0 Å². The van der Waals surface area contributed by atoms with Crippen molar-refractivity contribution >= 4 is 5.91 Å². The number of hydrogen-bond donors (Lipinski definition) is 2. The number of aromatic nitrogens is 2. The molecule has 0 fully saturated rings. The van der Waals surface area contributed by atoms with E-state index in [4.69, 9.17) is 0 Å². The molecule has 100 valence electrons. The highest BCUT2D eigenvalue weighted by atomic mass is 16.1. The van der Waals surface area contributed by atoms with Crippen LogP contribution >= 0.6 is 0 Å². The van der Waals surface area contributed by atoms with Crippen molar-refractivity contribution in [1.29, 1.82) is 0 Å². The molecular formula is C14H18N4O. The largest absolute Gasteiger partial charge is 0.351 e. The quantitative estimate of drug-likeness (QED) is 0.722. The molecule has 0 atom stereocenters. The van der Waals surface area contributed by atoms with Crippen molar-refractivity contribution in [3.05, 3.63) is 54.6 Å². The summed E-state index contributed by atoms with van der Waals surface area (Å²) in [6.45, 7) is 2.46. The molecule has 1 amide bonds. The highest BCUT2D eigenvalue weighted by Crippen LogP contribution is 1.96. The summed E-state index contributed by atoms with van der Waals surface area (Å²) in [4.78, 5) is 15.5. The fourth-order valence-electron chi connectivity index (χ4n) is 1.69. The first-order chi connectivity index (χ1) is 9.34. The SMILES string of the molecule is O=C(CNCCn1ccnc1)NCc1ccccc1. The molecule has 0 spiro atoms. The normalized spacial score (nSPS) is 10.3.